The number of nitrogens with zero attached hydrogens (tertiary/aromatic N) is 3. The second-order valence-corrected chi connectivity index (χ2v) is 9.45. The van der Waals surface area contributed by atoms with Gasteiger partial charge in [0.25, 0.3) is 0 Å². The van der Waals surface area contributed by atoms with Crippen LogP contribution < -0.4 is 0 Å². The van der Waals surface area contributed by atoms with E-state index in [4.69, 9.17) is 0 Å². The summed E-state index contributed by atoms with van der Waals surface area (Å²) in [6.45, 7) is 0.958. The van der Waals surface area contributed by atoms with Gasteiger partial charge >= 0.3 is 5.97 Å². The first kappa shape index (κ1) is 20.4. The molecule has 3 aliphatic rings. The van der Waals surface area contributed by atoms with Crippen LogP contribution >= 0.6 is 0 Å². The van der Waals surface area contributed by atoms with Crippen LogP contribution in [0.2, 0.25) is 0 Å². The van der Waals surface area contributed by atoms with Crippen LogP contribution in [0.5, 0.6) is 0 Å². The Morgan fingerprint density at radius 1 is 1.12 bits per heavy atom. The zero-order valence-corrected chi connectivity index (χ0v) is 17.9. The lowest BCUT2D eigenvalue weighted by Crippen LogP contribution is -2.45. The van der Waals surface area contributed by atoms with E-state index in [2.05, 4.69) is 4.57 Å². The van der Waals surface area contributed by atoms with E-state index in [0.29, 0.717) is 32.4 Å². The third-order valence-corrected chi connectivity index (χ3v) is 7.50. The highest BCUT2D eigenvalue weighted by Crippen LogP contribution is 2.48. The number of carbonyl (C=O) groups is 2. The van der Waals surface area contributed by atoms with Crippen LogP contribution in [0.4, 0.5) is 4.39 Å². The number of carbonyl (C=O) groups excluding carboxylic acids is 1. The Labute approximate surface area is 189 Å². The molecule has 2 aromatic carbocycles. The summed E-state index contributed by atoms with van der Waals surface area (Å²) in [6.07, 6.45) is 0.358. The molecule has 2 fully saturated rings. The number of carboxylic acid groups (broad SMARTS) is 1. The molecule has 2 aliphatic heterocycles. The van der Waals surface area contributed by atoms with Crippen LogP contribution in [-0.4, -0.2) is 55.4 Å². The van der Waals surface area contributed by atoms with E-state index in [-0.39, 0.29) is 18.3 Å². The lowest BCUT2D eigenvalue weighted by atomic mass is 9.97. The predicted octanol–water partition coefficient (Wildman–Crippen LogP) is 2.54. The third-order valence-electron chi connectivity index (χ3n) is 7.50. The monoisotopic (exact) mass is 449 g/mol. The summed E-state index contributed by atoms with van der Waals surface area (Å²) < 4.78 is 15.6. The first-order valence-electron chi connectivity index (χ1n) is 11.2. The number of aliphatic hydroxyl groups is 1. The molecule has 2 N–H and O–H groups in total. The molecule has 1 saturated heterocycles. The molecule has 3 aromatic rings. The Hall–Kier alpha value is -3.23. The van der Waals surface area contributed by atoms with Gasteiger partial charge in [-0.15, -0.1) is 0 Å². The maximum absolute atomic E-state index is 13.4. The number of para-hydroxylation sites is 1. The van der Waals surface area contributed by atoms with Gasteiger partial charge < -0.3 is 19.7 Å². The molecule has 1 aliphatic carbocycles. The van der Waals surface area contributed by atoms with Crippen LogP contribution in [-0.2, 0) is 29.1 Å². The van der Waals surface area contributed by atoms with Crippen LogP contribution in [0.25, 0.3) is 10.9 Å². The molecular weight excluding hydrogens is 425 g/mol. The molecule has 8 heteroatoms. The van der Waals surface area contributed by atoms with Crippen molar-refractivity contribution in [3.05, 3.63) is 71.2 Å². The Morgan fingerprint density at radius 2 is 1.85 bits per heavy atom. The Balaban J connectivity index is 1.37. The average molecular weight is 449 g/mol. The van der Waals surface area contributed by atoms with Crippen LogP contribution in [0, 0.1) is 11.2 Å². The highest BCUT2D eigenvalue weighted by atomic mass is 19.1. The van der Waals surface area contributed by atoms with Gasteiger partial charge in [-0.3, -0.25) is 9.59 Å². The average Bonchev–Trinajstić information content (AvgIpc) is 3.51. The molecule has 170 valence electrons. The number of benzene rings is 2. The molecule has 3 heterocycles. The number of aliphatic carboxylic acids is 1. The van der Waals surface area contributed by atoms with E-state index in [1.807, 2.05) is 24.3 Å². The molecule has 2 atom stereocenters. The Kier molecular flexibility index (Phi) is 4.41. The van der Waals surface area contributed by atoms with Crippen LogP contribution in [0.15, 0.2) is 48.5 Å². The molecule has 1 saturated carbocycles. The quantitative estimate of drug-likeness (QED) is 0.625. The molecule has 1 aromatic heterocycles. The standard InChI is InChI=1S/C25H24FN3O4/c26-16-7-5-15(6-8-16)12-27-19-4-2-1-3-17(19)18-11-20-22(30)29(14-25(9-10-25)23(31)32)24(33)28(20)13-21(18)27/h1-8,20,24,33H,9-14H2,(H,31,32)/t20-,24?/m0/s1. The second kappa shape index (κ2) is 7.13. The largest absolute Gasteiger partial charge is 0.481 e. The molecule has 33 heavy (non-hydrogen) atoms. The van der Waals surface area contributed by atoms with Crippen molar-refractivity contribution in [2.24, 2.45) is 5.41 Å². The van der Waals surface area contributed by atoms with E-state index in [0.717, 1.165) is 27.7 Å². The van der Waals surface area contributed by atoms with E-state index < -0.39 is 23.8 Å². The minimum Gasteiger partial charge on any atom is -0.481 e. The number of carboxylic acids is 1. The first-order valence-corrected chi connectivity index (χ1v) is 11.2. The van der Waals surface area contributed by atoms with Crippen molar-refractivity contribution in [2.45, 2.75) is 44.7 Å². The molecule has 1 unspecified atom stereocenters. The van der Waals surface area contributed by atoms with Crippen LogP contribution in [0.1, 0.15) is 29.7 Å². The van der Waals surface area contributed by atoms with E-state index >= 15 is 0 Å². The van der Waals surface area contributed by atoms with Crippen molar-refractivity contribution in [2.75, 3.05) is 6.54 Å². The number of hydrogen-bond acceptors (Lipinski definition) is 4. The minimum absolute atomic E-state index is 0.0376. The van der Waals surface area contributed by atoms with Gasteiger partial charge in [0.1, 0.15) is 5.82 Å². The number of halogens is 1. The summed E-state index contributed by atoms with van der Waals surface area (Å²) in [5, 5.41) is 21.7. The normalized spacial score (nSPS) is 23.6. The maximum atomic E-state index is 13.4. The van der Waals surface area contributed by atoms with Gasteiger partial charge in [-0.1, -0.05) is 30.3 Å². The number of rotatable bonds is 5. The maximum Gasteiger partial charge on any atom is 0.311 e. The van der Waals surface area contributed by atoms with Crippen molar-refractivity contribution in [3.8, 4) is 0 Å². The Bertz CT molecular complexity index is 1280. The molecular formula is C25H24FN3O4. The summed E-state index contributed by atoms with van der Waals surface area (Å²) in [5.74, 6) is -1.40. The second-order valence-electron chi connectivity index (χ2n) is 9.45. The third kappa shape index (κ3) is 3.08. The van der Waals surface area contributed by atoms with Gasteiger partial charge in [0.05, 0.1) is 11.5 Å². The van der Waals surface area contributed by atoms with Crippen molar-refractivity contribution in [1.82, 2.24) is 14.4 Å². The summed E-state index contributed by atoms with van der Waals surface area (Å²) in [6, 6.07) is 13.9. The number of aliphatic hydroxyl groups excluding tert-OH is 1. The number of amides is 1. The highest BCUT2D eigenvalue weighted by Gasteiger charge is 2.57. The zero-order valence-electron chi connectivity index (χ0n) is 17.9. The molecule has 1 amide bonds. The van der Waals surface area contributed by atoms with Gasteiger partial charge in [-0.2, -0.15) is 0 Å². The van der Waals surface area contributed by atoms with E-state index in [1.54, 1.807) is 17.0 Å². The topological polar surface area (TPSA) is 86.0 Å². The zero-order chi connectivity index (χ0) is 22.9. The van der Waals surface area contributed by atoms with Gasteiger partial charge in [-0.05, 0) is 48.6 Å². The SMILES string of the molecule is O=C1[C@@H]2Cc3c(n(Cc4ccc(F)cc4)c4ccccc34)CN2C(O)N1CC1(C(=O)O)CC1. The minimum atomic E-state index is -1.15. The van der Waals surface area contributed by atoms with Crippen LogP contribution in [0.3, 0.4) is 0 Å². The summed E-state index contributed by atoms with van der Waals surface area (Å²) in [5.41, 5.74) is 3.16. The fourth-order valence-electron chi connectivity index (χ4n) is 5.42. The van der Waals surface area contributed by atoms with Crippen molar-refractivity contribution < 1.29 is 24.2 Å². The fourth-order valence-corrected chi connectivity index (χ4v) is 5.42. The van der Waals surface area contributed by atoms with Gasteiger partial charge in [-0.25, -0.2) is 9.29 Å². The number of hydrogen-bond donors (Lipinski definition) is 2. The molecule has 0 radical (unpaired) electrons. The predicted molar refractivity (Wildman–Crippen MR) is 117 cm³/mol. The van der Waals surface area contributed by atoms with Crippen molar-refractivity contribution in [1.29, 1.82) is 0 Å². The van der Waals surface area contributed by atoms with Crippen molar-refractivity contribution >= 4 is 22.8 Å². The highest BCUT2D eigenvalue weighted by molar-refractivity contribution is 5.90. The van der Waals surface area contributed by atoms with E-state index in [1.165, 1.54) is 17.0 Å². The smallest absolute Gasteiger partial charge is 0.311 e. The summed E-state index contributed by atoms with van der Waals surface area (Å²) >= 11 is 0. The fraction of sp³-hybridized carbons (Fsp3) is 0.360. The molecule has 6 rings (SSSR count). The van der Waals surface area contributed by atoms with Gasteiger partial charge in [0.15, 0.2) is 6.35 Å². The van der Waals surface area contributed by atoms with Gasteiger partial charge in [0, 0.05) is 36.2 Å². The lowest BCUT2D eigenvalue weighted by Gasteiger charge is -2.31. The number of aromatic nitrogens is 1. The Morgan fingerprint density at radius 3 is 2.55 bits per heavy atom. The lowest BCUT2D eigenvalue weighted by molar-refractivity contribution is -0.149. The van der Waals surface area contributed by atoms with Crippen molar-refractivity contribution in [3.63, 3.8) is 0 Å². The summed E-state index contributed by atoms with van der Waals surface area (Å²) in [4.78, 5) is 28.0. The first-order chi connectivity index (χ1) is 15.9. The summed E-state index contributed by atoms with van der Waals surface area (Å²) in [7, 11) is 0. The molecule has 7 nitrogen and oxygen atoms in total. The number of fused-ring (bicyclic) bond motifs is 4. The molecule has 0 bridgehead atoms. The van der Waals surface area contributed by atoms with E-state index in [9.17, 15) is 24.2 Å². The van der Waals surface area contributed by atoms with Gasteiger partial charge in [0.2, 0.25) is 5.91 Å². The molecule has 0 spiro atoms.